The molecule has 1 atom stereocenters. The van der Waals surface area contributed by atoms with Gasteiger partial charge in [-0.2, -0.15) is 0 Å². The van der Waals surface area contributed by atoms with Gasteiger partial charge in [0.1, 0.15) is 0 Å². The Hall–Kier alpha value is -1.88. The molecule has 0 bridgehead atoms. The van der Waals surface area contributed by atoms with E-state index in [0.717, 1.165) is 30.5 Å². The van der Waals surface area contributed by atoms with Crippen LogP contribution in [0.2, 0.25) is 0 Å². The van der Waals surface area contributed by atoms with E-state index in [1.807, 2.05) is 4.57 Å². The molecule has 1 fully saturated rings. The van der Waals surface area contributed by atoms with Gasteiger partial charge >= 0.3 is 5.97 Å². The Bertz CT molecular complexity index is 585. The number of aromatic carboxylic acids is 1. The maximum absolute atomic E-state index is 11.0. The first kappa shape index (κ1) is 11.2. The summed E-state index contributed by atoms with van der Waals surface area (Å²) in [6.45, 7) is 1.48. The summed E-state index contributed by atoms with van der Waals surface area (Å²) in [5.74, 6) is -0.912. The Kier molecular flexibility index (Phi) is 2.76. The van der Waals surface area contributed by atoms with Gasteiger partial charge in [-0.25, -0.2) is 9.78 Å². The third-order valence-corrected chi connectivity index (χ3v) is 3.35. The van der Waals surface area contributed by atoms with Gasteiger partial charge in [0.2, 0.25) is 0 Å². The van der Waals surface area contributed by atoms with Crippen LogP contribution >= 0.6 is 0 Å². The van der Waals surface area contributed by atoms with Gasteiger partial charge in [0.25, 0.3) is 0 Å². The molecule has 1 unspecified atom stereocenters. The fourth-order valence-corrected chi connectivity index (χ4v) is 2.39. The van der Waals surface area contributed by atoms with Crippen LogP contribution in [0, 0.1) is 0 Å². The van der Waals surface area contributed by atoms with Crippen LogP contribution in [-0.2, 0) is 4.74 Å². The number of carbonyl (C=O) groups is 1. The fraction of sp³-hybridized carbons (Fsp3) is 0.385. The molecule has 2 aromatic rings. The fourth-order valence-electron chi connectivity index (χ4n) is 2.39. The van der Waals surface area contributed by atoms with E-state index >= 15 is 0 Å². The number of ether oxygens (including phenoxy) is 1. The average molecular weight is 246 g/mol. The predicted molar refractivity (Wildman–Crippen MR) is 65.8 cm³/mol. The molecule has 0 spiro atoms. The third-order valence-electron chi connectivity index (χ3n) is 3.35. The standard InChI is InChI=1S/C13H14N2O3/c16-13(17)9-3-4-11-12(6-9)15(8-14-11)10-2-1-5-18-7-10/h3-4,6,8,10H,1-2,5,7H2,(H,16,17). The number of aromatic nitrogens is 2. The minimum absolute atomic E-state index is 0.257. The second-order valence-corrected chi connectivity index (χ2v) is 4.53. The zero-order chi connectivity index (χ0) is 12.5. The van der Waals surface area contributed by atoms with E-state index in [9.17, 15) is 4.79 Å². The first-order valence-corrected chi connectivity index (χ1v) is 6.03. The molecule has 94 valence electrons. The molecule has 0 amide bonds. The number of hydrogen-bond donors (Lipinski definition) is 1. The Labute approximate surface area is 104 Å². The molecule has 2 heterocycles. The Morgan fingerprint density at radius 1 is 1.50 bits per heavy atom. The van der Waals surface area contributed by atoms with Gasteiger partial charge in [0, 0.05) is 6.61 Å². The Morgan fingerprint density at radius 2 is 2.39 bits per heavy atom. The summed E-state index contributed by atoms with van der Waals surface area (Å²) in [7, 11) is 0. The summed E-state index contributed by atoms with van der Waals surface area (Å²) in [5.41, 5.74) is 1.98. The van der Waals surface area contributed by atoms with Crippen molar-refractivity contribution in [3.63, 3.8) is 0 Å². The smallest absolute Gasteiger partial charge is 0.335 e. The number of fused-ring (bicyclic) bond motifs is 1. The highest BCUT2D eigenvalue weighted by molar-refractivity contribution is 5.92. The van der Waals surface area contributed by atoms with Crippen molar-refractivity contribution in [2.75, 3.05) is 13.2 Å². The lowest BCUT2D eigenvalue weighted by Gasteiger charge is -2.23. The van der Waals surface area contributed by atoms with Gasteiger partial charge in [-0.3, -0.25) is 0 Å². The van der Waals surface area contributed by atoms with E-state index in [-0.39, 0.29) is 6.04 Å². The number of benzene rings is 1. The second-order valence-electron chi connectivity index (χ2n) is 4.53. The summed E-state index contributed by atoms with van der Waals surface area (Å²) in [5, 5.41) is 9.03. The number of carboxylic acid groups (broad SMARTS) is 1. The van der Waals surface area contributed by atoms with E-state index in [0.29, 0.717) is 12.2 Å². The van der Waals surface area contributed by atoms with Crippen LogP contribution in [-0.4, -0.2) is 33.8 Å². The number of nitrogens with zero attached hydrogens (tertiary/aromatic N) is 2. The summed E-state index contributed by atoms with van der Waals surface area (Å²) < 4.78 is 7.50. The minimum atomic E-state index is -0.912. The summed E-state index contributed by atoms with van der Waals surface area (Å²) in [4.78, 5) is 15.3. The van der Waals surface area contributed by atoms with Gasteiger partial charge in [-0.1, -0.05) is 0 Å². The lowest BCUT2D eigenvalue weighted by Crippen LogP contribution is -2.20. The average Bonchev–Trinajstić information content (AvgIpc) is 2.82. The van der Waals surface area contributed by atoms with E-state index < -0.39 is 5.97 Å². The lowest BCUT2D eigenvalue weighted by atomic mass is 10.1. The van der Waals surface area contributed by atoms with Crippen LogP contribution in [0.25, 0.3) is 11.0 Å². The first-order valence-electron chi connectivity index (χ1n) is 6.03. The quantitative estimate of drug-likeness (QED) is 0.881. The van der Waals surface area contributed by atoms with Gasteiger partial charge in [-0.05, 0) is 31.0 Å². The van der Waals surface area contributed by atoms with Crippen LogP contribution in [0.5, 0.6) is 0 Å². The van der Waals surface area contributed by atoms with Crippen LogP contribution < -0.4 is 0 Å². The van der Waals surface area contributed by atoms with Crippen LogP contribution in [0.15, 0.2) is 24.5 Å². The van der Waals surface area contributed by atoms with E-state index in [1.54, 1.807) is 24.5 Å². The molecule has 5 heteroatoms. The first-order chi connectivity index (χ1) is 8.75. The topological polar surface area (TPSA) is 64.3 Å². The molecule has 1 aliphatic rings. The van der Waals surface area contributed by atoms with Crippen molar-refractivity contribution >= 4 is 17.0 Å². The highest BCUT2D eigenvalue weighted by Gasteiger charge is 2.18. The lowest BCUT2D eigenvalue weighted by molar-refractivity contribution is 0.0604. The predicted octanol–water partition coefficient (Wildman–Crippen LogP) is 2.09. The maximum Gasteiger partial charge on any atom is 0.335 e. The van der Waals surface area contributed by atoms with Crippen molar-refractivity contribution in [1.29, 1.82) is 0 Å². The van der Waals surface area contributed by atoms with Gasteiger partial charge in [-0.15, -0.1) is 0 Å². The van der Waals surface area contributed by atoms with E-state index in [2.05, 4.69) is 4.98 Å². The molecular weight excluding hydrogens is 232 g/mol. The molecule has 1 aromatic heterocycles. The Balaban J connectivity index is 2.05. The molecule has 3 rings (SSSR count). The largest absolute Gasteiger partial charge is 0.478 e. The second kappa shape index (κ2) is 4.42. The minimum Gasteiger partial charge on any atom is -0.478 e. The third kappa shape index (κ3) is 1.86. The van der Waals surface area contributed by atoms with Crippen LogP contribution in [0.4, 0.5) is 0 Å². The molecule has 1 saturated heterocycles. The molecule has 1 aliphatic heterocycles. The van der Waals surface area contributed by atoms with Crippen molar-refractivity contribution in [2.45, 2.75) is 18.9 Å². The molecule has 5 nitrogen and oxygen atoms in total. The molecule has 1 N–H and O–H groups in total. The number of rotatable bonds is 2. The molecule has 0 aliphatic carbocycles. The van der Waals surface area contributed by atoms with Crippen molar-refractivity contribution in [2.24, 2.45) is 0 Å². The molecule has 0 radical (unpaired) electrons. The summed E-state index contributed by atoms with van der Waals surface area (Å²) >= 11 is 0. The SMILES string of the molecule is O=C(O)c1ccc2ncn(C3CCCOC3)c2c1. The number of carboxylic acids is 1. The molecular formula is C13H14N2O3. The zero-order valence-corrected chi connectivity index (χ0v) is 9.87. The molecule has 1 aromatic carbocycles. The van der Waals surface area contributed by atoms with Crippen LogP contribution in [0.1, 0.15) is 29.2 Å². The van der Waals surface area contributed by atoms with Crippen molar-refractivity contribution < 1.29 is 14.6 Å². The molecule has 18 heavy (non-hydrogen) atoms. The van der Waals surface area contributed by atoms with Gasteiger partial charge < -0.3 is 14.4 Å². The summed E-state index contributed by atoms with van der Waals surface area (Å²) in [6.07, 6.45) is 3.85. The molecule has 0 saturated carbocycles. The number of hydrogen-bond acceptors (Lipinski definition) is 3. The highest BCUT2D eigenvalue weighted by Crippen LogP contribution is 2.25. The normalized spacial score (nSPS) is 20.1. The monoisotopic (exact) mass is 246 g/mol. The van der Waals surface area contributed by atoms with E-state index in [4.69, 9.17) is 9.84 Å². The zero-order valence-electron chi connectivity index (χ0n) is 9.87. The van der Waals surface area contributed by atoms with Crippen molar-refractivity contribution in [1.82, 2.24) is 9.55 Å². The van der Waals surface area contributed by atoms with Gasteiger partial charge in [0.05, 0.1) is 35.6 Å². The Morgan fingerprint density at radius 3 is 3.11 bits per heavy atom. The van der Waals surface area contributed by atoms with Crippen molar-refractivity contribution in [3.05, 3.63) is 30.1 Å². The highest BCUT2D eigenvalue weighted by atomic mass is 16.5. The maximum atomic E-state index is 11.0. The van der Waals surface area contributed by atoms with E-state index in [1.165, 1.54) is 0 Å². The van der Waals surface area contributed by atoms with Gasteiger partial charge in [0.15, 0.2) is 0 Å². The number of imidazole rings is 1. The van der Waals surface area contributed by atoms with Crippen molar-refractivity contribution in [3.8, 4) is 0 Å². The summed E-state index contributed by atoms with van der Waals surface area (Å²) in [6, 6.07) is 5.27. The van der Waals surface area contributed by atoms with Crippen LogP contribution in [0.3, 0.4) is 0 Å².